The normalized spacial score (nSPS) is 23.4. The van der Waals surface area contributed by atoms with E-state index >= 15 is 0 Å². The summed E-state index contributed by atoms with van der Waals surface area (Å²) in [6, 6.07) is 5.12. The highest BCUT2D eigenvalue weighted by molar-refractivity contribution is 6.00. The molecule has 2 bridgehead atoms. The molecule has 2 saturated heterocycles. The molecule has 2 unspecified atom stereocenters. The Kier molecular flexibility index (Phi) is 4.62. The average Bonchev–Trinajstić information content (AvgIpc) is 3.29. The highest BCUT2D eigenvalue weighted by Gasteiger charge is 2.37. The number of hydrogen-bond acceptors (Lipinski definition) is 6. The van der Waals surface area contributed by atoms with Crippen molar-refractivity contribution in [2.75, 3.05) is 5.73 Å². The number of nitrogens with two attached hydrogens (primary N) is 1. The molecule has 0 amide bonds. The second-order valence-corrected chi connectivity index (χ2v) is 10.1. The zero-order chi connectivity index (χ0) is 21.9. The predicted molar refractivity (Wildman–Crippen MR) is 121 cm³/mol. The van der Waals surface area contributed by atoms with Crippen LogP contribution >= 0.6 is 0 Å². The Hall–Kier alpha value is -2.80. The van der Waals surface area contributed by atoms with Crippen molar-refractivity contribution >= 4 is 17.2 Å². The highest BCUT2D eigenvalue weighted by atomic mass is 16.1. The molecule has 7 nitrogen and oxygen atoms in total. The molecule has 162 valence electrons. The van der Waals surface area contributed by atoms with E-state index in [1.54, 1.807) is 17.6 Å². The molecule has 3 N–H and O–H groups in total. The van der Waals surface area contributed by atoms with E-state index in [0.29, 0.717) is 29.1 Å². The van der Waals surface area contributed by atoms with Crippen LogP contribution in [0.4, 0.5) is 5.82 Å². The number of hydrogen-bond donors (Lipinski definition) is 2. The van der Waals surface area contributed by atoms with E-state index in [4.69, 9.17) is 10.7 Å². The third-order valence-corrected chi connectivity index (χ3v) is 6.77. The van der Waals surface area contributed by atoms with Gasteiger partial charge in [-0.05, 0) is 38.7 Å². The van der Waals surface area contributed by atoms with Gasteiger partial charge >= 0.3 is 0 Å². The summed E-state index contributed by atoms with van der Waals surface area (Å²) in [5, 5.41) is 8.14. The van der Waals surface area contributed by atoms with Gasteiger partial charge in [0, 0.05) is 46.4 Å². The smallest absolute Gasteiger partial charge is 0.165 e. The summed E-state index contributed by atoms with van der Waals surface area (Å²) >= 11 is 0. The van der Waals surface area contributed by atoms with E-state index in [2.05, 4.69) is 48.3 Å². The maximum absolute atomic E-state index is 12.6. The zero-order valence-electron chi connectivity index (χ0n) is 18.6. The number of pyridine rings is 1. The number of ketones is 1. The Labute approximate surface area is 182 Å². The highest BCUT2D eigenvalue weighted by Crippen LogP contribution is 2.40. The molecule has 0 radical (unpaired) electrons. The number of carbonyl (C=O) groups excluding carboxylic acids is 1. The SMILES string of the molecule is CC(=O)c1c(C2CC3CCC(C2)N3)nc2c(-c3ccc(C(C)(C)C)nc3)cnn2c1N. The molecule has 3 aromatic heterocycles. The lowest BCUT2D eigenvalue weighted by Gasteiger charge is -2.30. The Balaban J connectivity index is 1.64. The van der Waals surface area contributed by atoms with Crippen LogP contribution < -0.4 is 11.1 Å². The summed E-state index contributed by atoms with van der Waals surface area (Å²) in [5.41, 5.74) is 11.4. The Morgan fingerprint density at radius 3 is 2.45 bits per heavy atom. The molecule has 2 atom stereocenters. The largest absolute Gasteiger partial charge is 0.383 e. The Morgan fingerprint density at radius 2 is 1.87 bits per heavy atom. The monoisotopic (exact) mass is 418 g/mol. The lowest BCUT2D eigenvalue weighted by molar-refractivity contribution is 0.101. The van der Waals surface area contributed by atoms with E-state index in [1.807, 2.05) is 6.20 Å². The first-order valence-corrected chi connectivity index (χ1v) is 11.1. The van der Waals surface area contributed by atoms with Crippen molar-refractivity contribution in [2.24, 2.45) is 0 Å². The van der Waals surface area contributed by atoms with Crippen molar-refractivity contribution < 1.29 is 4.79 Å². The molecular weight excluding hydrogens is 388 g/mol. The molecule has 0 saturated carbocycles. The Bertz CT molecular complexity index is 1150. The fourth-order valence-electron chi connectivity index (χ4n) is 5.17. The van der Waals surface area contributed by atoms with Gasteiger partial charge in [0.15, 0.2) is 11.4 Å². The molecular formula is C24H30N6O. The van der Waals surface area contributed by atoms with Gasteiger partial charge < -0.3 is 11.1 Å². The summed E-state index contributed by atoms with van der Waals surface area (Å²) < 4.78 is 1.60. The third kappa shape index (κ3) is 3.41. The number of Topliss-reactive ketones (excluding diaryl/α,β-unsaturated/α-hetero) is 1. The van der Waals surface area contributed by atoms with E-state index < -0.39 is 0 Å². The van der Waals surface area contributed by atoms with Crippen molar-refractivity contribution in [3.8, 4) is 11.1 Å². The molecule has 5 heterocycles. The molecule has 5 rings (SSSR count). The van der Waals surface area contributed by atoms with Crippen molar-refractivity contribution in [3.63, 3.8) is 0 Å². The van der Waals surface area contributed by atoms with Crippen LogP contribution in [0.2, 0.25) is 0 Å². The molecule has 0 spiro atoms. The number of anilines is 1. The quantitative estimate of drug-likeness (QED) is 0.627. The van der Waals surface area contributed by atoms with E-state index in [9.17, 15) is 4.79 Å². The number of fused-ring (bicyclic) bond motifs is 3. The first-order valence-electron chi connectivity index (χ1n) is 11.1. The molecule has 7 heteroatoms. The van der Waals surface area contributed by atoms with Gasteiger partial charge in [0.25, 0.3) is 0 Å². The van der Waals surface area contributed by atoms with E-state index in [-0.39, 0.29) is 17.1 Å². The van der Waals surface area contributed by atoms with Crippen LogP contribution in [0, 0.1) is 0 Å². The standard InChI is InChI=1S/C24H30N6O/c1-13(31)20-21(15-9-16-6-7-17(10-15)28-16)29-23-18(12-27-30(23)22(20)25)14-5-8-19(26-11-14)24(2,3)4/h5,8,11-12,15-17,28H,6-7,9-10,25H2,1-4H3. The first-order chi connectivity index (χ1) is 14.7. The molecule has 2 aliphatic rings. The van der Waals surface area contributed by atoms with Crippen LogP contribution in [0.25, 0.3) is 16.8 Å². The number of nitrogen functional groups attached to an aromatic ring is 1. The van der Waals surface area contributed by atoms with Gasteiger partial charge in [0.2, 0.25) is 0 Å². The van der Waals surface area contributed by atoms with Crippen molar-refractivity contribution in [2.45, 2.75) is 76.8 Å². The van der Waals surface area contributed by atoms with Crippen LogP contribution in [-0.2, 0) is 5.41 Å². The minimum atomic E-state index is -0.0546. The predicted octanol–water partition coefficient (Wildman–Crippen LogP) is 3.87. The van der Waals surface area contributed by atoms with Gasteiger partial charge in [-0.25, -0.2) is 4.98 Å². The third-order valence-electron chi connectivity index (χ3n) is 6.77. The Morgan fingerprint density at radius 1 is 1.16 bits per heavy atom. The summed E-state index contributed by atoms with van der Waals surface area (Å²) in [6.07, 6.45) is 8.01. The van der Waals surface area contributed by atoms with Crippen LogP contribution in [-0.4, -0.2) is 37.4 Å². The van der Waals surface area contributed by atoms with Crippen LogP contribution in [0.1, 0.15) is 81.0 Å². The molecule has 0 aliphatic carbocycles. The molecule has 0 aromatic carbocycles. The van der Waals surface area contributed by atoms with E-state index in [0.717, 1.165) is 35.4 Å². The number of rotatable bonds is 3. The van der Waals surface area contributed by atoms with Gasteiger partial charge in [-0.1, -0.05) is 26.8 Å². The molecule has 2 fully saturated rings. The number of nitrogens with zero attached hydrogens (tertiary/aromatic N) is 4. The van der Waals surface area contributed by atoms with Crippen molar-refractivity contribution in [1.29, 1.82) is 0 Å². The van der Waals surface area contributed by atoms with Gasteiger partial charge in [0.1, 0.15) is 5.82 Å². The minimum Gasteiger partial charge on any atom is -0.383 e. The fourth-order valence-corrected chi connectivity index (χ4v) is 5.17. The van der Waals surface area contributed by atoms with Gasteiger partial charge in [-0.3, -0.25) is 9.78 Å². The van der Waals surface area contributed by atoms with Gasteiger partial charge in [-0.15, -0.1) is 0 Å². The number of piperidine rings is 1. The first kappa shape index (κ1) is 20.1. The van der Waals surface area contributed by atoms with Crippen LogP contribution in [0.15, 0.2) is 24.5 Å². The van der Waals surface area contributed by atoms with Crippen molar-refractivity contribution in [3.05, 3.63) is 41.5 Å². The van der Waals surface area contributed by atoms with Gasteiger partial charge in [0.05, 0.1) is 17.5 Å². The average molecular weight is 419 g/mol. The molecule has 2 aliphatic heterocycles. The topological polar surface area (TPSA) is 98.2 Å². The minimum absolute atomic E-state index is 0.0137. The molecule has 3 aromatic rings. The summed E-state index contributed by atoms with van der Waals surface area (Å²) in [4.78, 5) is 22.3. The lowest BCUT2D eigenvalue weighted by Crippen LogP contribution is -2.38. The zero-order valence-corrected chi connectivity index (χ0v) is 18.6. The van der Waals surface area contributed by atoms with E-state index in [1.165, 1.54) is 12.8 Å². The fraction of sp³-hybridized carbons (Fsp3) is 0.500. The maximum Gasteiger partial charge on any atom is 0.165 e. The van der Waals surface area contributed by atoms with Gasteiger partial charge in [-0.2, -0.15) is 9.61 Å². The van der Waals surface area contributed by atoms with Crippen molar-refractivity contribution in [1.82, 2.24) is 24.9 Å². The number of carbonyl (C=O) groups is 1. The van der Waals surface area contributed by atoms with Crippen LogP contribution in [0.3, 0.4) is 0 Å². The maximum atomic E-state index is 12.6. The summed E-state index contributed by atoms with van der Waals surface area (Å²) in [5.74, 6) is 0.555. The lowest BCUT2D eigenvalue weighted by atomic mass is 9.86. The summed E-state index contributed by atoms with van der Waals surface area (Å²) in [7, 11) is 0. The second kappa shape index (κ2) is 7.12. The number of nitrogens with one attached hydrogen (secondary N) is 1. The summed E-state index contributed by atoms with van der Waals surface area (Å²) in [6.45, 7) is 8.01. The molecule has 31 heavy (non-hydrogen) atoms. The number of aromatic nitrogens is 4. The van der Waals surface area contributed by atoms with Crippen LogP contribution in [0.5, 0.6) is 0 Å². The second-order valence-electron chi connectivity index (χ2n) is 10.1.